The SMILES string of the molecule is CN(C)CCc1c[nH]c2cccc(OP(=O)(Cc3ccccc3)Cc3ccccc3)c12. The van der Waals surface area contributed by atoms with Crippen LogP contribution in [0.1, 0.15) is 16.7 Å². The van der Waals surface area contributed by atoms with Crippen molar-refractivity contribution in [2.75, 3.05) is 20.6 Å². The molecule has 160 valence electrons. The molecule has 0 radical (unpaired) electrons. The van der Waals surface area contributed by atoms with Gasteiger partial charge in [-0.15, -0.1) is 0 Å². The zero-order chi connectivity index (χ0) is 21.7. The van der Waals surface area contributed by atoms with E-state index in [-0.39, 0.29) is 0 Å². The van der Waals surface area contributed by atoms with E-state index in [0.29, 0.717) is 18.1 Å². The third-order valence-corrected chi connectivity index (χ3v) is 7.60. The number of rotatable bonds is 9. The van der Waals surface area contributed by atoms with E-state index in [1.807, 2.05) is 85.1 Å². The molecule has 0 bridgehead atoms. The maximum Gasteiger partial charge on any atom is 0.256 e. The van der Waals surface area contributed by atoms with Crippen molar-refractivity contribution in [1.82, 2.24) is 9.88 Å². The van der Waals surface area contributed by atoms with Gasteiger partial charge in [0, 0.05) is 23.6 Å². The minimum atomic E-state index is -3.05. The number of likely N-dealkylation sites (N-methyl/N-ethyl adjacent to an activating group) is 1. The molecule has 1 heterocycles. The fourth-order valence-electron chi connectivity index (χ4n) is 3.86. The summed E-state index contributed by atoms with van der Waals surface area (Å²) in [5, 5.41) is 1.03. The van der Waals surface area contributed by atoms with Gasteiger partial charge in [-0.2, -0.15) is 0 Å². The van der Waals surface area contributed by atoms with Crippen LogP contribution in [0.15, 0.2) is 85.1 Å². The molecule has 0 aliphatic rings. The first-order valence-electron chi connectivity index (χ1n) is 10.6. The molecule has 31 heavy (non-hydrogen) atoms. The molecule has 0 aliphatic heterocycles. The van der Waals surface area contributed by atoms with Crippen LogP contribution in [0, 0.1) is 0 Å². The summed E-state index contributed by atoms with van der Waals surface area (Å²) in [5.74, 6) is 0.697. The lowest BCUT2D eigenvalue weighted by Gasteiger charge is -2.21. The van der Waals surface area contributed by atoms with Crippen molar-refractivity contribution >= 4 is 18.3 Å². The number of hydrogen-bond donors (Lipinski definition) is 1. The normalized spacial score (nSPS) is 11.8. The second-order valence-corrected chi connectivity index (χ2v) is 10.7. The van der Waals surface area contributed by atoms with Gasteiger partial charge in [-0.05, 0) is 49.3 Å². The Balaban J connectivity index is 1.70. The molecule has 0 saturated carbocycles. The third kappa shape index (κ3) is 5.46. The van der Waals surface area contributed by atoms with Gasteiger partial charge in [0.1, 0.15) is 5.75 Å². The Bertz CT molecular complexity index is 1120. The first-order valence-corrected chi connectivity index (χ1v) is 12.6. The number of hydrogen-bond acceptors (Lipinski definition) is 3. The van der Waals surface area contributed by atoms with Crippen LogP contribution < -0.4 is 4.52 Å². The molecule has 5 heteroatoms. The number of H-pyrrole nitrogens is 1. The van der Waals surface area contributed by atoms with Crippen LogP contribution >= 0.6 is 7.37 Å². The molecule has 4 rings (SSSR count). The van der Waals surface area contributed by atoms with E-state index in [4.69, 9.17) is 4.52 Å². The zero-order valence-corrected chi connectivity index (χ0v) is 19.0. The maximum absolute atomic E-state index is 14.2. The molecule has 1 aromatic heterocycles. The number of nitrogens with one attached hydrogen (secondary N) is 1. The summed E-state index contributed by atoms with van der Waals surface area (Å²) in [6.07, 6.45) is 3.74. The van der Waals surface area contributed by atoms with Crippen molar-refractivity contribution in [3.05, 3.63) is 102 Å². The predicted octanol–water partition coefficient (Wildman–Crippen LogP) is 6.33. The Morgan fingerprint density at radius 1 is 0.839 bits per heavy atom. The second-order valence-electron chi connectivity index (χ2n) is 8.24. The predicted molar refractivity (Wildman–Crippen MR) is 129 cm³/mol. The highest BCUT2D eigenvalue weighted by atomic mass is 31.2. The van der Waals surface area contributed by atoms with Gasteiger partial charge in [0.05, 0.1) is 12.3 Å². The molecule has 0 amide bonds. The molecule has 4 nitrogen and oxygen atoms in total. The van der Waals surface area contributed by atoms with Crippen LogP contribution in [-0.2, 0) is 23.3 Å². The Hall–Kier alpha value is -2.81. The second kappa shape index (κ2) is 9.55. The smallest absolute Gasteiger partial charge is 0.256 e. The zero-order valence-electron chi connectivity index (χ0n) is 18.1. The van der Waals surface area contributed by atoms with Crippen LogP contribution in [0.4, 0.5) is 0 Å². The Morgan fingerprint density at radius 2 is 1.45 bits per heavy atom. The van der Waals surface area contributed by atoms with E-state index < -0.39 is 7.37 Å². The average Bonchev–Trinajstić information content (AvgIpc) is 3.18. The summed E-state index contributed by atoms with van der Waals surface area (Å²) >= 11 is 0. The fourth-order valence-corrected chi connectivity index (χ4v) is 6.15. The standard InChI is InChI=1S/C26H29N2O2P/c1-28(2)17-16-23-18-27-24-14-9-15-25(26(23)24)30-31(29,19-21-10-5-3-6-11-21)20-22-12-7-4-8-13-22/h3-15,18,27H,16-17,19-20H2,1-2H3. The van der Waals surface area contributed by atoms with Gasteiger partial charge in [0.2, 0.25) is 0 Å². The van der Waals surface area contributed by atoms with E-state index in [1.165, 1.54) is 5.56 Å². The highest BCUT2D eigenvalue weighted by Crippen LogP contribution is 2.54. The first-order chi connectivity index (χ1) is 15.0. The fraction of sp³-hybridized carbons (Fsp3) is 0.231. The Labute approximate surface area is 184 Å². The van der Waals surface area contributed by atoms with Crippen LogP contribution in [0.2, 0.25) is 0 Å². The van der Waals surface area contributed by atoms with Gasteiger partial charge in [-0.1, -0.05) is 66.7 Å². The molecular formula is C26H29N2O2P. The molecule has 1 N–H and O–H groups in total. The monoisotopic (exact) mass is 432 g/mol. The highest BCUT2D eigenvalue weighted by molar-refractivity contribution is 7.57. The lowest BCUT2D eigenvalue weighted by molar-refractivity contribution is 0.414. The summed E-state index contributed by atoms with van der Waals surface area (Å²) in [7, 11) is 1.09. The molecule has 0 aliphatic carbocycles. The molecule has 0 spiro atoms. The summed E-state index contributed by atoms with van der Waals surface area (Å²) in [6.45, 7) is 0.937. The molecule has 0 fully saturated rings. The molecule has 0 atom stereocenters. The molecule has 0 saturated heterocycles. The number of benzene rings is 3. The van der Waals surface area contributed by atoms with Crippen molar-refractivity contribution in [2.45, 2.75) is 18.7 Å². The van der Waals surface area contributed by atoms with E-state index in [0.717, 1.165) is 35.0 Å². The van der Waals surface area contributed by atoms with Gasteiger partial charge in [0.15, 0.2) is 0 Å². The van der Waals surface area contributed by atoms with Gasteiger partial charge in [-0.3, -0.25) is 4.57 Å². The maximum atomic E-state index is 14.2. The lowest BCUT2D eigenvalue weighted by atomic mass is 10.1. The van der Waals surface area contributed by atoms with E-state index in [9.17, 15) is 4.57 Å². The minimum Gasteiger partial charge on any atom is -0.442 e. The average molecular weight is 433 g/mol. The number of fused-ring (bicyclic) bond motifs is 1. The summed E-state index contributed by atoms with van der Waals surface area (Å²) in [6, 6.07) is 25.9. The van der Waals surface area contributed by atoms with Crippen molar-refractivity contribution in [3.63, 3.8) is 0 Å². The largest absolute Gasteiger partial charge is 0.442 e. The lowest BCUT2D eigenvalue weighted by Crippen LogP contribution is -2.14. The summed E-state index contributed by atoms with van der Waals surface area (Å²) in [4.78, 5) is 5.51. The molecule has 3 aromatic carbocycles. The van der Waals surface area contributed by atoms with Crippen LogP contribution in [0.3, 0.4) is 0 Å². The van der Waals surface area contributed by atoms with Gasteiger partial charge in [0.25, 0.3) is 7.37 Å². The third-order valence-electron chi connectivity index (χ3n) is 5.37. The van der Waals surface area contributed by atoms with Gasteiger partial charge >= 0.3 is 0 Å². The molecule has 0 unspecified atom stereocenters. The van der Waals surface area contributed by atoms with Gasteiger partial charge < -0.3 is 14.4 Å². The van der Waals surface area contributed by atoms with Crippen LogP contribution in [-0.4, -0.2) is 30.5 Å². The van der Waals surface area contributed by atoms with Crippen LogP contribution in [0.25, 0.3) is 10.9 Å². The number of aromatic nitrogens is 1. The minimum absolute atomic E-state index is 0.399. The summed E-state index contributed by atoms with van der Waals surface area (Å²) < 4.78 is 20.7. The van der Waals surface area contributed by atoms with E-state index >= 15 is 0 Å². The molecule has 4 aromatic rings. The molecular weight excluding hydrogens is 403 g/mol. The Morgan fingerprint density at radius 3 is 2.03 bits per heavy atom. The number of aromatic amines is 1. The van der Waals surface area contributed by atoms with Crippen molar-refractivity contribution in [3.8, 4) is 5.75 Å². The van der Waals surface area contributed by atoms with Crippen molar-refractivity contribution < 1.29 is 9.09 Å². The highest BCUT2D eigenvalue weighted by Gasteiger charge is 2.27. The Kier molecular flexibility index (Phi) is 6.60. The van der Waals surface area contributed by atoms with E-state index in [2.05, 4.69) is 24.0 Å². The topological polar surface area (TPSA) is 45.3 Å². The van der Waals surface area contributed by atoms with Crippen molar-refractivity contribution in [2.24, 2.45) is 0 Å². The van der Waals surface area contributed by atoms with Crippen molar-refractivity contribution in [1.29, 1.82) is 0 Å². The first kappa shape index (κ1) is 21.4. The van der Waals surface area contributed by atoms with E-state index in [1.54, 1.807) is 0 Å². The van der Waals surface area contributed by atoms with Gasteiger partial charge in [-0.25, -0.2) is 0 Å². The number of nitrogens with zero attached hydrogens (tertiary/aromatic N) is 1. The van der Waals surface area contributed by atoms with Crippen LogP contribution in [0.5, 0.6) is 5.75 Å². The summed E-state index contributed by atoms with van der Waals surface area (Å²) in [5.41, 5.74) is 4.24. The quantitative estimate of drug-likeness (QED) is 0.314.